The smallest absolute Gasteiger partial charge is 0.119 e. The lowest BCUT2D eigenvalue weighted by molar-refractivity contribution is 0.0679. The molecular formula is C17H21N3O2. The molecule has 116 valence electrons. The van der Waals surface area contributed by atoms with Gasteiger partial charge in [0.2, 0.25) is 0 Å². The highest BCUT2D eigenvalue weighted by Gasteiger charge is 2.15. The van der Waals surface area contributed by atoms with Crippen molar-refractivity contribution in [2.24, 2.45) is 0 Å². The summed E-state index contributed by atoms with van der Waals surface area (Å²) < 4.78 is 11.3. The molecule has 0 saturated carbocycles. The summed E-state index contributed by atoms with van der Waals surface area (Å²) in [4.78, 5) is 0. The summed E-state index contributed by atoms with van der Waals surface area (Å²) in [7, 11) is 0. The molecule has 2 aromatic rings. The summed E-state index contributed by atoms with van der Waals surface area (Å²) in [5.41, 5.74) is 14.7. The molecule has 1 unspecified atom stereocenters. The molecule has 0 spiro atoms. The van der Waals surface area contributed by atoms with Gasteiger partial charge in [-0.2, -0.15) is 0 Å². The Morgan fingerprint density at radius 1 is 1.14 bits per heavy atom. The van der Waals surface area contributed by atoms with Gasteiger partial charge in [-0.3, -0.25) is 0 Å². The summed E-state index contributed by atoms with van der Waals surface area (Å²) in [5.74, 6) is 0.839. The molecule has 5 nitrogen and oxygen atoms in total. The van der Waals surface area contributed by atoms with Gasteiger partial charge >= 0.3 is 0 Å². The van der Waals surface area contributed by atoms with E-state index in [4.69, 9.17) is 20.9 Å². The van der Waals surface area contributed by atoms with Crippen molar-refractivity contribution < 1.29 is 9.47 Å². The number of hydrogen-bond acceptors (Lipinski definition) is 5. The van der Waals surface area contributed by atoms with Crippen molar-refractivity contribution in [3.05, 3.63) is 42.5 Å². The van der Waals surface area contributed by atoms with E-state index in [1.807, 2.05) is 36.4 Å². The number of hydrogen-bond donors (Lipinski definition) is 3. The lowest BCUT2D eigenvalue weighted by Crippen LogP contribution is -2.16. The van der Waals surface area contributed by atoms with Crippen LogP contribution in [-0.4, -0.2) is 19.3 Å². The predicted molar refractivity (Wildman–Crippen MR) is 89.5 cm³/mol. The first-order chi connectivity index (χ1) is 10.7. The molecular weight excluding hydrogens is 278 g/mol. The van der Waals surface area contributed by atoms with Crippen LogP contribution in [0.4, 0.5) is 22.7 Å². The van der Waals surface area contributed by atoms with Crippen molar-refractivity contribution in [2.45, 2.75) is 18.9 Å². The van der Waals surface area contributed by atoms with Crippen molar-refractivity contribution in [1.29, 1.82) is 0 Å². The molecule has 0 amide bonds. The van der Waals surface area contributed by atoms with E-state index in [1.165, 1.54) is 0 Å². The molecule has 1 saturated heterocycles. The monoisotopic (exact) mass is 299 g/mol. The molecule has 5 N–H and O–H groups in total. The maximum Gasteiger partial charge on any atom is 0.119 e. The largest absolute Gasteiger partial charge is 0.491 e. The van der Waals surface area contributed by atoms with Crippen LogP contribution in [0.25, 0.3) is 0 Å². The van der Waals surface area contributed by atoms with Crippen LogP contribution in [0.3, 0.4) is 0 Å². The molecule has 2 aromatic carbocycles. The topological polar surface area (TPSA) is 82.5 Å². The van der Waals surface area contributed by atoms with Crippen LogP contribution < -0.4 is 21.5 Å². The second-order valence-corrected chi connectivity index (χ2v) is 5.44. The number of anilines is 4. The zero-order chi connectivity index (χ0) is 15.4. The Labute approximate surface area is 130 Å². The zero-order valence-corrected chi connectivity index (χ0v) is 12.4. The van der Waals surface area contributed by atoms with Gasteiger partial charge in [-0.25, -0.2) is 0 Å². The van der Waals surface area contributed by atoms with Gasteiger partial charge < -0.3 is 26.3 Å². The van der Waals surface area contributed by atoms with Gasteiger partial charge in [0.05, 0.1) is 17.5 Å². The SMILES string of the molecule is Nc1ccc(Nc2ccc(OCC3CCCO3)cc2)c(N)c1. The first-order valence-electron chi connectivity index (χ1n) is 7.47. The average molecular weight is 299 g/mol. The van der Waals surface area contributed by atoms with Gasteiger partial charge in [0, 0.05) is 18.0 Å². The molecule has 1 atom stereocenters. The van der Waals surface area contributed by atoms with Gasteiger partial charge in [0.25, 0.3) is 0 Å². The zero-order valence-electron chi connectivity index (χ0n) is 12.4. The third-order valence-electron chi connectivity index (χ3n) is 3.67. The Morgan fingerprint density at radius 3 is 2.64 bits per heavy atom. The van der Waals surface area contributed by atoms with Crippen LogP contribution in [0.2, 0.25) is 0 Å². The summed E-state index contributed by atoms with van der Waals surface area (Å²) in [6.07, 6.45) is 2.43. The molecule has 0 aromatic heterocycles. The number of ether oxygens (including phenoxy) is 2. The average Bonchev–Trinajstić information content (AvgIpc) is 3.03. The van der Waals surface area contributed by atoms with Crippen molar-refractivity contribution in [3.8, 4) is 5.75 Å². The molecule has 1 fully saturated rings. The van der Waals surface area contributed by atoms with E-state index in [9.17, 15) is 0 Å². The van der Waals surface area contributed by atoms with E-state index in [1.54, 1.807) is 6.07 Å². The van der Waals surface area contributed by atoms with Gasteiger partial charge in [-0.05, 0) is 55.3 Å². The summed E-state index contributed by atoms with van der Waals surface area (Å²) in [6, 6.07) is 13.2. The van der Waals surface area contributed by atoms with Gasteiger partial charge in [-0.1, -0.05) is 0 Å². The Balaban J connectivity index is 1.58. The molecule has 1 aliphatic heterocycles. The summed E-state index contributed by atoms with van der Waals surface area (Å²) >= 11 is 0. The van der Waals surface area contributed by atoms with Crippen molar-refractivity contribution >= 4 is 22.7 Å². The fourth-order valence-electron chi connectivity index (χ4n) is 2.45. The van der Waals surface area contributed by atoms with Crippen molar-refractivity contribution in [1.82, 2.24) is 0 Å². The third kappa shape index (κ3) is 3.62. The molecule has 3 rings (SSSR count). The Kier molecular flexibility index (Phi) is 4.34. The van der Waals surface area contributed by atoms with Crippen LogP contribution in [-0.2, 0) is 4.74 Å². The highest BCUT2D eigenvalue weighted by molar-refractivity contribution is 5.75. The normalized spacial score (nSPS) is 17.4. The van der Waals surface area contributed by atoms with E-state index < -0.39 is 0 Å². The quantitative estimate of drug-likeness (QED) is 0.739. The maximum atomic E-state index is 5.94. The molecule has 5 heteroatoms. The lowest BCUT2D eigenvalue weighted by Gasteiger charge is -2.13. The second-order valence-electron chi connectivity index (χ2n) is 5.44. The predicted octanol–water partition coefficient (Wildman–Crippen LogP) is 3.15. The van der Waals surface area contributed by atoms with E-state index in [-0.39, 0.29) is 6.10 Å². The summed E-state index contributed by atoms with van der Waals surface area (Å²) in [5, 5.41) is 3.26. The standard InChI is InChI=1S/C17H21N3O2/c18-12-3-8-17(16(19)10-12)20-13-4-6-14(7-5-13)22-11-15-2-1-9-21-15/h3-8,10,15,20H,1-2,9,11,18-19H2. The Bertz CT molecular complexity index is 622. The number of rotatable bonds is 5. The Morgan fingerprint density at radius 2 is 1.95 bits per heavy atom. The highest BCUT2D eigenvalue weighted by atomic mass is 16.5. The minimum absolute atomic E-state index is 0.229. The molecule has 1 aliphatic rings. The minimum atomic E-state index is 0.229. The number of nitrogen functional groups attached to an aromatic ring is 2. The first kappa shape index (κ1) is 14.5. The van der Waals surface area contributed by atoms with E-state index in [0.717, 1.165) is 36.6 Å². The Hall–Kier alpha value is -2.40. The molecule has 0 radical (unpaired) electrons. The molecule has 1 heterocycles. The number of nitrogens with one attached hydrogen (secondary N) is 1. The number of benzene rings is 2. The minimum Gasteiger partial charge on any atom is -0.491 e. The summed E-state index contributed by atoms with van der Waals surface area (Å²) in [6.45, 7) is 1.46. The molecule has 0 bridgehead atoms. The van der Waals surface area contributed by atoms with E-state index in [0.29, 0.717) is 18.0 Å². The fraction of sp³-hybridized carbons (Fsp3) is 0.294. The first-order valence-corrected chi connectivity index (χ1v) is 7.47. The second kappa shape index (κ2) is 6.58. The van der Waals surface area contributed by atoms with Crippen LogP contribution >= 0.6 is 0 Å². The van der Waals surface area contributed by atoms with Crippen molar-refractivity contribution in [3.63, 3.8) is 0 Å². The van der Waals surface area contributed by atoms with Gasteiger partial charge in [0.15, 0.2) is 0 Å². The van der Waals surface area contributed by atoms with E-state index in [2.05, 4.69) is 5.32 Å². The van der Waals surface area contributed by atoms with Gasteiger partial charge in [0.1, 0.15) is 12.4 Å². The van der Waals surface area contributed by atoms with Crippen molar-refractivity contribution in [2.75, 3.05) is 30.0 Å². The third-order valence-corrected chi connectivity index (χ3v) is 3.67. The number of nitrogens with two attached hydrogens (primary N) is 2. The highest BCUT2D eigenvalue weighted by Crippen LogP contribution is 2.26. The lowest BCUT2D eigenvalue weighted by atomic mass is 10.2. The van der Waals surface area contributed by atoms with Crippen LogP contribution in [0, 0.1) is 0 Å². The van der Waals surface area contributed by atoms with Gasteiger partial charge in [-0.15, -0.1) is 0 Å². The van der Waals surface area contributed by atoms with Crippen LogP contribution in [0.15, 0.2) is 42.5 Å². The maximum absolute atomic E-state index is 5.94. The van der Waals surface area contributed by atoms with E-state index >= 15 is 0 Å². The molecule has 0 aliphatic carbocycles. The molecule has 22 heavy (non-hydrogen) atoms. The van der Waals surface area contributed by atoms with Crippen LogP contribution in [0.5, 0.6) is 5.75 Å². The van der Waals surface area contributed by atoms with Crippen LogP contribution in [0.1, 0.15) is 12.8 Å². The fourth-order valence-corrected chi connectivity index (χ4v) is 2.45.